The molecule has 0 saturated heterocycles. The zero-order chi connectivity index (χ0) is 12.4. The molecule has 1 atom stereocenters. The van der Waals surface area contributed by atoms with Crippen LogP contribution in [0.5, 0.6) is 0 Å². The van der Waals surface area contributed by atoms with Crippen LogP contribution in [-0.4, -0.2) is 11.0 Å². The van der Waals surface area contributed by atoms with E-state index in [0.29, 0.717) is 5.92 Å². The van der Waals surface area contributed by atoms with Gasteiger partial charge in [0, 0.05) is 22.6 Å². The van der Waals surface area contributed by atoms with Gasteiger partial charge < -0.3 is 5.73 Å². The van der Waals surface area contributed by atoms with Gasteiger partial charge in [0.2, 0.25) is 0 Å². The first-order chi connectivity index (χ1) is 8.08. The van der Waals surface area contributed by atoms with Crippen molar-refractivity contribution in [3.05, 3.63) is 38.3 Å². The summed E-state index contributed by atoms with van der Waals surface area (Å²) in [5.41, 5.74) is 7.24. The van der Waals surface area contributed by atoms with Crippen LogP contribution in [0.4, 0.5) is 5.69 Å². The van der Waals surface area contributed by atoms with Crippen LogP contribution in [0, 0.1) is 16.0 Å². The van der Waals surface area contributed by atoms with Crippen molar-refractivity contribution in [2.45, 2.75) is 31.7 Å². The molecule has 0 aromatic heterocycles. The van der Waals surface area contributed by atoms with Crippen molar-refractivity contribution in [3.63, 3.8) is 0 Å². The molecule has 2 N–H and O–H groups in total. The number of nitrogens with two attached hydrogens (primary N) is 1. The molecule has 0 aliphatic heterocycles. The average Bonchev–Trinajstić information content (AvgIpc) is 3.10. The molecule has 2 rings (SSSR count). The van der Waals surface area contributed by atoms with Crippen LogP contribution in [0.1, 0.15) is 24.8 Å². The highest BCUT2D eigenvalue weighted by Gasteiger charge is 2.28. The van der Waals surface area contributed by atoms with Crippen molar-refractivity contribution >= 4 is 21.6 Å². The van der Waals surface area contributed by atoms with Gasteiger partial charge >= 0.3 is 0 Å². The highest BCUT2D eigenvalue weighted by atomic mass is 79.9. The van der Waals surface area contributed by atoms with E-state index in [1.165, 1.54) is 12.8 Å². The van der Waals surface area contributed by atoms with E-state index in [0.717, 1.165) is 22.9 Å². The summed E-state index contributed by atoms with van der Waals surface area (Å²) in [7, 11) is 0. The fourth-order valence-electron chi connectivity index (χ4n) is 1.93. The first-order valence-electron chi connectivity index (χ1n) is 5.76. The minimum absolute atomic E-state index is 0.118. The van der Waals surface area contributed by atoms with Gasteiger partial charge in [0.15, 0.2) is 0 Å². The summed E-state index contributed by atoms with van der Waals surface area (Å²) < 4.78 is 0.801. The lowest BCUT2D eigenvalue weighted by Gasteiger charge is -2.10. The fourth-order valence-corrected chi connectivity index (χ4v) is 2.50. The van der Waals surface area contributed by atoms with Gasteiger partial charge in [0.1, 0.15) is 0 Å². The Bertz CT molecular complexity index is 433. The van der Waals surface area contributed by atoms with Crippen molar-refractivity contribution in [2.24, 2.45) is 11.7 Å². The van der Waals surface area contributed by atoms with E-state index in [-0.39, 0.29) is 16.7 Å². The van der Waals surface area contributed by atoms with Gasteiger partial charge in [-0.05, 0) is 37.2 Å². The van der Waals surface area contributed by atoms with Gasteiger partial charge in [-0.25, -0.2) is 0 Å². The highest BCUT2D eigenvalue weighted by molar-refractivity contribution is 9.10. The summed E-state index contributed by atoms with van der Waals surface area (Å²) in [5, 5.41) is 10.6. The second-order valence-corrected chi connectivity index (χ2v) is 5.43. The van der Waals surface area contributed by atoms with Crippen molar-refractivity contribution in [3.8, 4) is 0 Å². The first kappa shape index (κ1) is 12.5. The molecule has 0 bridgehead atoms. The summed E-state index contributed by atoms with van der Waals surface area (Å²) in [6.07, 6.45) is 4.32. The van der Waals surface area contributed by atoms with Crippen molar-refractivity contribution in [1.29, 1.82) is 0 Å². The zero-order valence-corrected chi connectivity index (χ0v) is 11.0. The summed E-state index contributed by atoms with van der Waals surface area (Å²) in [4.78, 5) is 10.2. The Morgan fingerprint density at radius 1 is 1.53 bits per heavy atom. The van der Waals surface area contributed by atoms with Gasteiger partial charge in [0.25, 0.3) is 5.69 Å². The molecule has 1 aromatic rings. The molecule has 0 radical (unpaired) electrons. The van der Waals surface area contributed by atoms with E-state index in [9.17, 15) is 10.1 Å². The predicted molar refractivity (Wildman–Crippen MR) is 69.8 cm³/mol. The van der Waals surface area contributed by atoms with Gasteiger partial charge in [-0.3, -0.25) is 10.1 Å². The average molecular weight is 299 g/mol. The van der Waals surface area contributed by atoms with Crippen LogP contribution in [0.25, 0.3) is 0 Å². The topological polar surface area (TPSA) is 69.2 Å². The van der Waals surface area contributed by atoms with Gasteiger partial charge in [-0.2, -0.15) is 0 Å². The molecule has 17 heavy (non-hydrogen) atoms. The Labute approximate surface area is 108 Å². The number of hydrogen-bond acceptors (Lipinski definition) is 3. The molecular weight excluding hydrogens is 284 g/mol. The number of benzene rings is 1. The third kappa shape index (κ3) is 3.26. The molecule has 0 amide bonds. The molecule has 1 aromatic carbocycles. The molecule has 5 heteroatoms. The van der Waals surface area contributed by atoms with Crippen molar-refractivity contribution in [2.75, 3.05) is 0 Å². The third-order valence-electron chi connectivity index (χ3n) is 3.22. The number of nitrogens with zero attached hydrogens (tertiary/aromatic N) is 1. The van der Waals surface area contributed by atoms with Crippen LogP contribution in [0.15, 0.2) is 22.7 Å². The summed E-state index contributed by atoms with van der Waals surface area (Å²) in [5.74, 6) is 0.701. The lowest BCUT2D eigenvalue weighted by molar-refractivity contribution is -0.384. The minimum atomic E-state index is -0.384. The molecule has 1 aliphatic carbocycles. The van der Waals surface area contributed by atoms with E-state index < -0.39 is 0 Å². The van der Waals surface area contributed by atoms with E-state index >= 15 is 0 Å². The normalized spacial score (nSPS) is 16.8. The van der Waals surface area contributed by atoms with Crippen molar-refractivity contribution in [1.82, 2.24) is 0 Å². The maximum atomic E-state index is 10.6. The van der Waals surface area contributed by atoms with Crippen LogP contribution in [0.2, 0.25) is 0 Å². The van der Waals surface area contributed by atoms with E-state index in [4.69, 9.17) is 5.73 Å². The predicted octanol–water partition coefficient (Wildman–Crippen LogP) is 3.03. The van der Waals surface area contributed by atoms with Crippen molar-refractivity contribution < 1.29 is 4.92 Å². The first-order valence-corrected chi connectivity index (χ1v) is 6.55. The molecule has 1 fully saturated rings. The molecule has 0 heterocycles. The third-order valence-corrected chi connectivity index (χ3v) is 3.96. The number of nitro benzene ring substituents is 1. The largest absolute Gasteiger partial charge is 0.327 e. The standard InChI is InChI=1S/C12H15BrN2O2/c13-11-7-10(15(16)17)5-3-8(11)4-6-12(14)9-1-2-9/h3,5,7,9,12H,1-2,4,6,14H2. The monoisotopic (exact) mass is 298 g/mol. The maximum Gasteiger partial charge on any atom is 0.270 e. The Hall–Kier alpha value is -0.940. The molecule has 1 aliphatic rings. The summed E-state index contributed by atoms with van der Waals surface area (Å²) in [6.45, 7) is 0. The van der Waals surface area contributed by atoms with Gasteiger partial charge in [0.05, 0.1) is 4.92 Å². The molecule has 92 valence electrons. The Morgan fingerprint density at radius 3 is 2.76 bits per heavy atom. The zero-order valence-electron chi connectivity index (χ0n) is 9.43. The number of nitro groups is 1. The maximum absolute atomic E-state index is 10.6. The molecule has 4 nitrogen and oxygen atoms in total. The molecular formula is C12H15BrN2O2. The highest BCUT2D eigenvalue weighted by Crippen LogP contribution is 2.34. The number of hydrogen-bond donors (Lipinski definition) is 1. The minimum Gasteiger partial charge on any atom is -0.327 e. The van der Waals surface area contributed by atoms with E-state index in [1.807, 2.05) is 6.07 Å². The van der Waals surface area contributed by atoms with E-state index in [2.05, 4.69) is 15.9 Å². The molecule has 1 unspecified atom stereocenters. The second kappa shape index (κ2) is 5.14. The lowest BCUT2D eigenvalue weighted by Crippen LogP contribution is -2.22. The number of non-ortho nitro benzene ring substituents is 1. The quantitative estimate of drug-likeness (QED) is 0.671. The number of rotatable bonds is 5. The summed E-state index contributed by atoms with van der Waals surface area (Å²) in [6, 6.07) is 5.18. The number of aryl methyl sites for hydroxylation is 1. The van der Waals surface area contributed by atoms with Crippen LogP contribution in [0.3, 0.4) is 0 Å². The molecule has 1 saturated carbocycles. The van der Waals surface area contributed by atoms with E-state index in [1.54, 1.807) is 12.1 Å². The SMILES string of the molecule is NC(CCc1ccc([N+](=O)[O-])cc1Br)C1CC1. The Kier molecular flexibility index (Phi) is 3.79. The summed E-state index contributed by atoms with van der Waals surface area (Å²) >= 11 is 3.37. The smallest absolute Gasteiger partial charge is 0.270 e. The number of halogens is 1. The Balaban J connectivity index is 1.98. The second-order valence-electron chi connectivity index (χ2n) is 4.57. The molecule has 0 spiro atoms. The fraction of sp³-hybridized carbons (Fsp3) is 0.500. The van der Waals surface area contributed by atoms with Crippen LogP contribution in [-0.2, 0) is 6.42 Å². The van der Waals surface area contributed by atoms with Gasteiger partial charge in [-0.15, -0.1) is 0 Å². The Morgan fingerprint density at radius 2 is 2.24 bits per heavy atom. The van der Waals surface area contributed by atoms with Gasteiger partial charge in [-0.1, -0.05) is 22.0 Å². The lowest BCUT2D eigenvalue weighted by atomic mass is 10.0. The van der Waals surface area contributed by atoms with Crippen LogP contribution < -0.4 is 5.73 Å². The van der Waals surface area contributed by atoms with Crippen LogP contribution >= 0.6 is 15.9 Å².